The molecule has 144 valence electrons. The summed E-state index contributed by atoms with van der Waals surface area (Å²) in [6, 6.07) is 4.80. The van der Waals surface area contributed by atoms with Crippen molar-refractivity contribution < 1.29 is 22.7 Å². The van der Waals surface area contributed by atoms with Crippen LogP contribution in [0.3, 0.4) is 0 Å². The molecule has 1 amide bonds. The highest BCUT2D eigenvalue weighted by molar-refractivity contribution is 7.92. The van der Waals surface area contributed by atoms with Gasteiger partial charge in [-0.15, -0.1) is 0 Å². The van der Waals surface area contributed by atoms with Gasteiger partial charge in [0.1, 0.15) is 0 Å². The van der Waals surface area contributed by atoms with Gasteiger partial charge in [0, 0.05) is 13.1 Å². The van der Waals surface area contributed by atoms with E-state index in [1.54, 1.807) is 12.1 Å². The van der Waals surface area contributed by atoms with E-state index in [4.69, 9.17) is 4.74 Å². The summed E-state index contributed by atoms with van der Waals surface area (Å²) in [5, 5.41) is 2.72. The van der Waals surface area contributed by atoms with Gasteiger partial charge in [0.2, 0.25) is 10.0 Å². The molecule has 0 unspecified atom stereocenters. The van der Waals surface area contributed by atoms with Gasteiger partial charge in [-0.3, -0.25) is 9.10 Å². The molecule has 1 aromatic carbocycles. The first-order valence-corrected chi connectivity index (χ1v) is 10.5. The third kappa shape index (κ3) is 4.97. The van der Waals surface area contributed by atoms with Gasteiger partial charge in [-0.1, -0.05) is 13.8 Å². The maximum Gasteiger partial charge on any atom is 0.338 e. The Labute approximate surface area is 154 Å². The highest BCUT2D eigenvalue weighted by Crippen LogP contribution is 2.30. The Morgan fingerprint density at radius 2 is 1.96 bits per heavy atom. The fourth-order valence-electron chi connectivity index (χ4n) is 2.76. The van der Waals surface area contributed by atoms with Crippen LogP contribution in [0.4, 0.5) is 5.69 Å². The first-order chi connectivity index (χ1) is 12.1. The van der Waals surface area contributed by atoms with Crippen molar-refractivity contribution in [2.24, 2.45) is 5.92 Å². The van der Waals surface area contributed by atoms with E-state index in [1.165, 1.54) is 23.6 Å². The minimum Gasteiger partial charge on any atom is -0.449 e. The van der Waals surface area contributed by atoms with Crippen LogP contribution in [0.1, 0.15) is 43.1 Å². The zero-order valence-corrected chi connectivity index (χ0v) is 16.4. The van der Waals surface area contributed by atoms with Gasteiger partial charge in [-0.2, -0.15) is 0 Å². The van der Waals surface area contributed by atoms with E-state index in [9.17, 15) is 18.0 Å². The minimum atomic E-state index is -3.35. The molecule has 0 bridgehead atoms. The maximum atomic E-state index is 12.3. The van der Waals surface area contributed by atoms with Gasteiger partial charge < -0.3 is 10.1 Å². The van der Waals surface area contributed by atoms with E-state index in [1.807, 2.05) is 13.8 Å². The number of nitrogens with zero attached hydrogens (tertiary/aromatic N) is 1. The van der Waals surface area contributed by atoms with E-state index in [-0.39, 0.29) is 5.91 Å². The van der Waals surface area contributed by atoms with Gasteiger partial charge in [-0.05, 0) is 49.4 Å². The number of hydrogen-bond donors (Lipinski definition) is 1. The van der Waals surface area contributed by atoms with Crippen molar-refractivity contribution in [3.8, 4) is 0 Å². The van der Waals surface area contributed by atoms with Crippen LogP contribution in [0.2, 0.25) is 0 Å². The predicted octanol–water partition coefficient (Wildman–Crippen LogP) is 1.72. The predicted molar refractivity (Wildman–Crippen MR) is 99.7 cm³/mol. The molecule has 1 aliphatic rings. The lowest BCUT2D eigenvalue weighted by atomic mass is 10.0. The lowest BCUT2D eigenvalue weighted by Gasteiger charge is -2.29. The molecular formula is C18H26N2O5S. The molecule has 0 spiro atoms. The molecule has 1 heterocycles. The number of sulfonamides is 1. The average molecular weight is 382 g/mol. The Kier molecular flexibility index (Phi) is 6.28. The molecule has 2 rings (SSSR count). The normalized spacial score (nSPS) is 15.3. The van der Waals surface area contributed by atoms with Crippen LogP contribution in [0, 0.1) is 5.92 Å². The molecule has 1 atom stereocenters. The van der Waals surface area contributed by atoms with Crippen molar-refractivity contribution in [1.82, 2.24) is 5.32 Å². The van der Waals surface area contributed by atoms with Gasteiger partial charge in [-0.25, -0.2) is 13.2 Å². The number of fused-ring (bicyclic) bond motifs is 1. The highest BCUT2D eigenvalue weighted by Gasteiger charge is 2.26. The Balaban J connectivity index is 2.10. The van der Waals surface area contributed by atoms with Crippen molar-refractivity contribution in [2.45, 2.75) is 39.7 Å². The third-order valence-corrected chi connectivity index (χ3v) is 5.31. The van der Waals surface area contributed by atoms with Crippen LogP contribution < -0.4 is 9.62 Å². The highest BCUT2D eigenvalue weighted by atomic mass is 32.2. The van der Waals surface area contributed by atoms with E-state index < -0.39 is 22.1 Å². The number of amides is 1. The molecule has 1 aromatic rings. The number of ether oxygens (including phenoxy) is 1. The van der Waals surface area contributed by atoms with Crippen molar-refractivity contribution >= 4 is 27.6 Å². The molecule has 0 aliphatic carbocycles. The zero-order valence-electron chi connectivity index (χ0n) is 15.6. The van der Waals surface area contributed by atoms with Gasteiger partial charge >= 0.3 is 5.97 Å². The van der Waals surface area contributed by atoms with Crippen LogP contribution in [0.25, 0.3) is 0 Å². The molecule has 8 heteroatoms. The van der Waals surface area contributed by atoms with Gasteiger partial charge in [0.05, 0.1) is 17.5 Å². The molecule has 0 fully saturated rings. The SMILES string of the molecule is CC(C)CNC(=O)[C@H](C)OC(=O)c1ccc2c(c1)CCCN2S(C)(=O)=O. The number of hydrogen-bond acceptors (Lipinski definition) is 5. The standard InChI is InChI=1S/C18H26N2O5S/c1-12(2)11-19-17(21)13(3)25-18(22)15-7-8-16-14(10-15)6-5-9-20(16)26(4,23)24/h7-8,10,12-13H,5-6,9,11H2,1-4H3,(H,19,21)/t13-/m0/s1. The summed E-state index contributed by atoms with van der Waals surface area (Å²) in [7, 11) is -3.35. The number of carbonyl (C=O) groups is 2. The summed E-state index contributed by atoms with van der Waals surface area (Å²) in [5.41, 5.74) is 1.69. The fraction of sp³-hybridized carbons (Fsp3) is 0.556. The summed E-state index contributed by atoms with van der Waals surface area (Å²) >= 11 is 0. The average Bonchev–Trinajstić information content (AvgIpc) is 2.57. The van der Waals surface area contributed by atoms with Crippen molar-refractivity contribution in [3.63, 3.8) is 0 Å². The number of anilines is 1. The van der Waals surface area contributed by atoms with E-state index >= 15 is 0 Å². The first-order valence-electron chi connectivity index (χ1n) is 8.69. The number of nitrogens with one attached hydrogen (secondary N) is 1. The van der Waals surface area contributed by atoms with Crippen LogP contribution in [0.15, 0.2) is 18.2 Å². The van der Waals surface area contributed by atoms with Crippen LogP contribution >= 0.6 is 0 Å². The molecular weight excluding hydrogens is 356 g/mol. The number of carbonyl (C=O) groups excluding carboxylic acids is 2. The van der Waals surface area contributed by atoms with Gasteiger partial charge in [0.25, 0.3) is 5.91 Å². The molecule has 0 radical (unpaired) electrons. The fourth-order valence-corrected chi connectivity index (χ4v) is 3.76. The Morgan fingerprint density at radius 1 is 1.27 bits per heavy atom. The van der Waals surface area contributed by atoms with Crippen LogP contribution in [-0.4, -0.2) is 45.7 Å². The number of rotatable bonds is 6. The molecule has 1 N–H and O–H groups in total. The molecule has 26 heavy (non-hydrogen) atoms. The topological polar surface area (TPSA) is 92.8 Å². The summed E-state index contributed by atoms with van der Waals surface area (Å²) in [6.45, 7) is 6.43. The van der Waals surface area contributed by atoms with Crippen molar-refractivity contribution in [3.05, 3.63) is 29.3 Å². The monoisotopic (exact) mass is 382 g/mol. The summed E-state index contributed by atoms with van der Waals surface area (Å²) in [6.07, 6.45) is 1.64. The number of benzene rings is 1. The molecule has 0 aromatic heterocycles. The van der Waals surface area contributed by atoms with E-state index in [0.717, 1.165) is 5.56 Å². The lowest BCUT2D eigenvalue weighted by Crippen LogP contribution is -2.37. The van der Waals surface area contributed by atoms with E-state index in [0.29, 0.717) is 43.1 Å². The summed E-state index contributed by atoms with van der Waals surface area (Å²) < 4.78 is 30.4. The lowest BCUT2D eigenvalue weighted by molar-refractivity contribution is -0.129. The van der Waals surface area contributed by atoms with Crippen molar-refractivity contribution in [1.29, 1.82) is 0 Å². The molecule has 0 saturated heterocycles. The quantitative estimate of drug-likeness (QED) is 0.756. The maximum absolute atomic E-state index is 12.3. The second-order valence-corrected chi connectivity index (χ2v) is 8.88. The minimum absolute atomic E-state index is 0.306. The Morgan fingerprint density at radius 3 is 2.58 bits per heavy atom. The molecule has 7 nitrogen and oxygen atoms in total. The molecule has 0 saturated carbocycles. The van der Waals surface area contributed by atoms with Crippen molar-refractivity contribution in [2.75, 3.05) is 23.7 Å². The summed E-state index contributed by atoms with van der Waals surface area (Å²) in [4.78, 5) is 24.3. The summed E-state index contributed by atoms with van der Waals surface area (Å²) in [5.74, 6) is -0.634. The number of esters is 1. The smallest absolute Gasteiger partial charge is 0.338 e. The van der Waals surface area contributed by atoms with Crippen LogP contribution in [-0.2, 0) is 26.0 Å². The number of aryl methyl sites for hydroxylation is 1. The second kappa shape index (κ2) is 8.07. The second-order valence-electron chi connectivity index (χ2n) is 6.97. The van der Waals surface area contributed by atoms with E-state index in [2.05, 4.69) is 5.32 Å². The van der Waals surface area contributed by atoms with Crippen LogP contribution in [0.5, 0.6) is 0 Å². The Bertz CT molecular complexity index is 789. The van der Waals surface area contributed by atoms with Gasteiger partial charge in [0.15, 0.2) is 6.10 Å². The third-order valence-electron chi connectivity index (χ3n) is 4.13. The molecule has 1 aliphatic heterocycles. The Hall–Kier alpha value is -2.09. The first kappa shape index (κ1) is 20.2. The largest absolute Gasteiger partial charge is 0.449 e. The zero-order chi connectivity index (χ0) is 19.5.